The Morgan fingerprint density at radius 3 is 2.73 bits per heavy atom. The van der Waals surface area contributed by atoms with Crippen molar-refractivity contribution in [2.24, 2.45) is 0 Å². The van der Waals surface area contributed by atoms with Gasteiger partial charge < -0.3 is 0 Å². The first-order chi connectivity index (χ1) is 10.7. The predicted octanol–water partition coefficient (Wildman–Crippen LogP) is 2.79. The third kappa shape index (κ3) is 2.15. The molecular weight excluding hydrogens is 276 g/mol. The Labute approximate surface area is 128 Å². The summed E-state index contributed by atoms with van der Waals surface area (Å²) in [5.74, 6) is 0.0143. The normalized spacial score (nSPS) is 13.5. The number of nitriles is 1. The van der Waals surface area contributed by atoms with Gasteiger partial charge >= 0.3 is 0 Å². The molecule has 1 aromatic carbocycles. The molecule has 0 N–H and O–H groups in total. The van der Waals surface area contributed by atoms with Crippen molar-refractivity contribution in [3.63, 3.8) is 0 Å². The van der Waals surface area contributed by atoms with E-state index < -0.39 is 0 Å². The van der Waals surface area contributed by atoms with Gasteiger partial charge in [-0.15, -0.1) is 0 Å². The lowest BCUT2D eigenvalue weighted by molar-refractivity contribution is 0.0971. The second-order valence-corrected chi connectivity index (χ2v) is 5.43. The van der Waals surface area contributed by atoms with Gasteiger partial charge in [0.2, 0.25) is 0 Å². The minimum Gasteiger partial charge on any atom is -0.294 e. The molecule has 1 aliphatic rings. The van der Waals surface area contributed by atoms with Crippen LogP contribution in [0.3, 0.4) is 0 Å². The first-order valence-electron chi connectivity index (χ1n) is 7.48. The summed E-state index contributed by atoms with van der Waals surface area (Å²) in [6.45, 7) is 2.02. The summed E-state index contributed by atoms with van der Waals surface area (Å²) in [6, 6.07) is 11.0. The highest BCUT2D eigenvalue weighted by atomic mass is 16.1. The number of carbonyl (C=O) groups is 1. The van der Waals surface area contributed by atoms with Gasteiger partial charge in [-0.3, -0.25) is 14.2 Å². The van der Waals surface area contributed by atoms with E-state index in [9.17, 15) is 14.9 Å². The third-order valence-electron chi connectivity index (χ3n) is 4.15. The number of aryl methyl sites for hydroxylation is 1. The van der Waals surface area contributed by atoms with Crippen molar-refractivity contribution in [2.75, 3.05) is 0 Å². The van der Waals surface area contributed by atoms with Crippen LogP contribution in [0, 0.1) is 11.3 Å². The average molecular weight is 292 g/mol. The fourth-order valence-electron chi connectivity index (χ4n) is 3.05. The summed E-state index contributed by atoms with van der Waals surface area (Å²) < 4.78 is 1.57. The molecule has 4 heteroatoms. The Morgan fingerprint density at radius 1 is 1.23 bits per heavy atom. The topological polar surface area (TPSA) is 62.9 Å². The molecule has 0 radical (unpaired) electrons. The summed E-state index contributed by atoms with van der Waals surface area (Å²) in [4.78, 5) is 24.9. The Morgan fingerprint density at radius 2 is 2.00 bits per heavy atom. The molecule has 0 fully saturated rings. The summed E-state index contributed by atoms with van der Waals surface area (Å²) >= 11 is 0. The molecule has 4 nitrogen and oxygen atoms in total. The van der Waals surface area contributed by atoms with Crippen LogP contribution < -0.4 is 5.56 Å². The monoisotopic (exact) mass is 292 g/mol. The molecular formula is C18H16N2O2. The fourth-order valence-corrected chi connectivity index (χ4v) is 3.05. The summed E-state index contributed by atoms with van der Waals surface area (Å²) in [7, 11) is 0. The second kappa shape index (κ2) is 5.61. The summed E-state index contributed by atoms with van der Waals surface area (Å²) in [6.07, 6.45) is 2.68. The molecule has 0 spiro atoms. The number of rotatable bonds is 2. The Kier molecular flexibility index (Phi) is 3.64. The molecule has 1 aromatic heterocycles. The van der Waals surface area contributed by atoms with Crippen molar-refractivity contribution in [1.29, 1.82) is 5.26 Å². The second-order valence-electron chi connectivity index (χ2n) is 5.43. The average Bonchev–Trinajstić information content (AvgIpc) is 2.55. The summed E-state index contributed by atoms with van der Waals surface area (Å²) in [5.41, 5.74) is 2.75. The number of hydrogen-bond donors (Lipinski definition) is 0. The van der Waals surface area contributed by atoms with Crippen LogP contribution in [0.2, 0.25) is 0 Å². The number of benzene rings is 1. The molecule has 0 unspecified atom stereocenters. The van der Waals surface area contributed by atoms with Crippen molar-refractivity contribution in [1.82, 2.24) is 4.57 Å². The van der Waals surface area contributed by atoms with E-state index in [1.807, 2.05) is 37.3 Å². The number of aromatic nitrogens is 1. The van der Waals surface area contributed by atoms with Gasteiger partial charge in [0.25, 0.3) is 5.56 Å². The first kappa shape index (κ1) is 14.3. The number of hydrogen-bond acceptors (Lipinski definition) is 3. The fraction of sp³-hybridized carbons (Fsp3) is 0.278. The van der Waals surface area contributed by atoms with Gasteiger partial charge in [-0.1, -0.05) is 25.1 Å². The number of carbonyl (C=O) groups excluding carboxylic acids is 1. The van der Waals surface area contributed by atoms with Gasteiger partial charge in [-0.05, 0) is 37.0 Å². The van der Waals surface area contributed by atoms with Gasteiger partial charge in [0, 0.05) is 17.7 Å². The first-order valence-corrected chi connectivity index (χ1v) is 7.48. The van der Waals surface area contributed by atoms with Crippen LogP contribution in [0.1, 0.15) is 46.9 Å². The zero-order chi connectivity index (χ0) is 15.7. The molecule has 0 saturated carbocycles. The van der Waals surface area contributed by atoms with E-state index in [1.165, 1.54) is 6.07 Å². The van der Waals surface area contributed by atoms with Gasteiger partial charge in [0.15, 0.2) is 5.78 Å². The van der Waals surface area contributed by atoms with Crippen LogP contribution in [0.5, 0.6) is 0 Å². The quantitative estimate of drug-likeness (QED) is 0.855. The number of fused-ring (bicyclic) bond motifs is 1. The highest BCUT2D eigenvalue weighted by Gasteiger charge is 2.24. The lowest BCUT2D eigenvalue weighted by atomic mass is 9.92. The molecule has 110 valence electrons. The Bertz CT molecular complexity index is 856. The van der Waals surface area contributed by atoms with Crippen LogP contribution >= 0.6 is 0 Å². The van der Waals surface area contributed by atoms with Crippen molar-refractivity contribution >= 4 is 5.78 Å². The largest absolute Gasteiger partial charge is 0.294 e. The molecule has 0 aliphatic heterocycles. The highest BCUT2D eigenvalue weighted by molar-refractivity contribution is 5.98. The van der Waals surface area contributed by atoms with Crippen LogP contribution in [0.25, 0.3) is 5.69 Å². The van der Waals surface area contributed by atoms with E-state index >= 15 is 0 Å². The highest BCUT2D eigenvalue weighted by Crippen LogP contribution is 2.25. The molecule has 0 bridgehead atoms. The van der Waals surface area contributed by atoms with Gasteiger partial charge in [-0.2, -0.15) is 5.26 Å². The van der Waals surface area contributed by atoms with Crippen LogP contribution in [-0.4, -0.2) is 10.4 Å². The SMILES string of the molecule is CCc1ccccc1-n1c2c(cc(C#N)c1=O)C(=O)CCC2. The molecule has 1 heterocycles. The minimum absolute atomic E-state index is 0.0143. The number of pyridine rings is 1. The molecule has 22 heavy (non-hydrogen) atoms. The van der Waals surface area contributed by atoms with Crippen LogP contribution in [0.15, 0.2) is 35.1 Å². The number of para-hydroxylation sites is 1. The molecule has 1 aliphatic carbocycles. The van der Waals surface area contributed by atoms with Crippen LogP contribution in [0.4, 0.5) is 0 Å². The van der Waals surface area contributed by atoms with Crippen molar-refractivity contribution in [2.45, 2.75) is 32.6 Å². The smallest absolute Gasteiger partial charge is 0.273 e. The number of nitrogens with zero attached hydrogens (tertiary/aromatic N) is 2. The van der Waals surface area contributed by atoms with E-state index in [1.54, 1.807) is 4.57 Å². The zero-order valence-electron chi connectivity index (χ0n) is 12.4. The van der Waals surface area contributed by atoms with Crippen molar-refractivity contribution in [3.8, 4) is 11.8 Å². The predicted molar refractivity (Wildman–Crippen MR) is 83.4 cm³/mol. The van der Waals surface area contributed by atoms with E-state index in [2.05, 4.69) is 0 Å². The molecule has 2 aromatic rings. The maximum absolute atomic E-state index is 12.7. The lowest BCUT2D eigenvalue weighted by Gasteiger charge is -2.22. The number of ketones is 1. The molecule has 0 atom stereocenters. The van der Waals surface area contributed by atoms with Crippen molar-refractivity contribution < 1.29 is 4.79 Å². The van der Waals surface area contributed by atoms with Gasteiger partial charge in [0.05, 0.1) is 5.69 Å². The van der Waals surface area contributed by atoms with Gasteiger partial charge in [0.1, 0.15) is 11.6 Å². The molecule has 3 rings (SSSR count). The Balaban J connectivity index is 2.41. The standard InChI is InChI=1S/C18H16N2O2/c1-2-12-6-3-4-7-15(12)20-16-8-5-9-17(21)14(16)10-13(11-19)18(20)22/h3-4,6-7,10H,2,5,8-9H2,1H3. The van der Waals surface area contributed by atoms with E-state index in [0.717, 1.165) is 29.8 Å². The van der Waals surface area contributed by atoms with Crippen LogP contribution in [-0.2, 0) is 12.8 Å². The van der Waals surface area contributed by atoms with E-state index in [-0.39, 0.29) is 16.9 Å². The van der Waals surface area contributed by atoms with E-state index in [0.29, 0.717) is 18.4 Å². The van der Waals surface area contributed by atoms with Gasteiger partial charge in [-0.25, -0.2) is 0 Å². The van der Waals surface area contributed by atoms with Crippen molar-refractivity contribution in [3.05, 3.63) is 63.1 Å². The third-order valence-corrected chi connectivity index (χ3v) is 4.15. The zero-order valence-corrected chi connectivity index (χ0v) is 12.4. The number of Topliss-reactive ketones (excluding diaryl/α,β-unsaturated/α-hetero) is 1. The Hall–Kier alpha value is -2.67. The lowest BCUT2D eigenvalue weighted by Crippen LogP contribution is -2.29. The summed E-state index contributed by atoms with van der Waals surface area (Å²) in [5, 5.41) is 9.23. The maximum Gasteiger partial charge on any atom is 0.273 e. The van der Waals surface area contributed by atoms with E-state index in [4.69, 9.17) is 0 Å². The maximum atomic E-state index is 12.7. The molecule has 0 saturated heterocycles. The molecule has 0 amide bonds. The minimum atomic E-state index is -0.336.